The Kier molecular flexibility index (Phi) is 3.32. The smallest absolute Gasteiger partial charge is 0.203 e. The third kappa shape index (κ3) is 1.86. The van der Waals surface area contributed by atoms with E-state index in [1.807, 2.05) is 6.07 Å². The van der Waals surface area contributed by atoms with Crippen molar-refractivity contribution < 1.29 is 19.3 Å². The molecule has 0 spiro atoms. The van der Waals surface area contributed by atoms with Crippen LogP contribution in [0.25, 0.3) is 0 Å². The molecule has 0 saturated carbocycles. The Balaban J connectivity index is 1.93. The molecule has 0 radical (unpaired) electrons. The second kappa shape index (κ2) is 5.14. The lowest BCUT2D eigenvalue weighted by molar-refractivity contribution is 0.0743. The molecule has 4 rings (SSSR count). The van der Waals surface area contributed by atoms with Crippen LogP contribution in [0, 0.1) is 0 Å². The molecule has 2 heterocycles. The molecule has 4 atom stereocenters. The quantitative estimate of drug-likeness (QED) is 0.866. The average Bonchev–Trinajstić information content (AvgIpc) is 2.86. The number of ether oxygens (including phenoxy) is 3. The van der Waals surface area contributed by atoms with Gasteiger partial charge in [0.2, 0.25) is 5.75 Å². The summed E-state index contributed by atoms with van der Waals surface area (Å²) >= 11 is 0. The molecule has 1 unspecified atom stereocenters. The van der Waals surface area contributed by atoms with Gasteiger partial charge in [-0.1, -0.05) is 12.2 Å². The van der Waals surface area contributed by atoms with Gasteiger partial charge in [0, 0.05) is 37.2 Å². The van der Waals surface area contributed by atoms with E-state index in [1.54, 1.807) is 21.3 Å². The van der Waals surface area contributed by atoms with Crippen LogP contribution in [-0.4, -0.2) is 50.0 Å². The summed E-state index contributed by atoms with van der Waals surface area (Å²) in [5.74, 6) is 1.24. The van der Waals surface area contributed by atoms with Crippen LogP contribution in [0.15, 0.2) is 18.2 Å². The van der Waals surface area contributed by atoms with Crippen LogP contribution in [0.5, 0.6) is 17.2 Å². The molecule has 1 fully saturated rings. The number of phenols is 1. The van der Waals surface area contributed by atoms with Crippen molar-refractivity contribution in [2.45, 2.75) is 36.9 Å². The molecular weight excluding hydrogens is 294 g/mol. The van der Waals surface area contributed by atoms with Crippen molar-refractivity contribution in [2.24, 2.45) is 0 Å². The van der Waals surface area contributed by atoms with Crippen molar-refractivity contribution in [2.75, 3.05) is 27.9 Å². The predicted octanol–water partition coefficient (Wildman–Crippen LogP) is 2.21. The number of hydrogen-bond acceptors (Lipinski definition) is 5. The Morgan fingerprint density at radius 2 is 2.00 bits per heavy atom. The Labute approximate surface area is 136 Å². The Morgan fingerprint density at radius 1 is 1.22 bits per heavy atom. The minimum atomic E-state index is -0.0559. The molecule has 1 aromatic rings. The fraction of sp³-hybridized carbons (Fsp3) is 0.556. The van der Waals surface area contributed by atoms with E-state index in [-0.39, 0.29) is 17.3 Å². The zero-order valence-corrected chi connectivity index (χ0v) is 13.8. The average molecular weight is 317 g/mol. The SMILES string of the molecule is COc1c(O)cc2c(c1OC)CN1CC[C@@]23C=C[C@H](OC)C[C@H]13. The van der Waals surface area contributed by atoms with Gasteiger partial charge >= 0.3 is 0 Å². The molecule has 3 aliphatic rings. The molecule has 124 valence electrons. The summed E-state index contributed by atoms with van der Waals surface area (Å²) in [5, 5.41) is 10.4. The highest BCUT2D eigenvalue weighted by Gasteiger charge is 2.54. The second-order valence-corrected chi connectivity index (χ2v) is 6.63. The maximum Gasteiger partial charge on any atom is 0.203 e. The fourth-order valence-electron chi connectivity index (χ4n) is 4.73. The van der Waals surface area contributed by atoms with Crippen LogP contribution in [0.2, 0.25) is 0 Å². The second-order valence-electron chi connectivity index (χ2n) is 6.63. The van der Waals surface area contributed by atoms with Crippen LogP contribution >= 0.6 is 0 Å². The maximum atomic E-state index is 10.4. The first kappa shape index (κ1) is 14.8. The van der Waals surface area contributed by atoms with E-state index in [0.29, 0.717) is 17.5 Å². The van der Waals surface area contributed by atoms with Gasteiger partial charge in [0.05, 0.1) is 20.3 Å². The number of fused-ring (bicyclic) bond motifs is 1. The number of phenolic OH excluding ortho intramolecular Hbond substituents is 1. The number of aromatic hydroxyl groups is 1. The third-order valence-electron chi connectivity index (χ3n) is 5.80. The van der Waals surface area contributed by atoms with Gasteiger partial charge in [0.25, 0.3) is 0 Å². The lowest BCUT2D eigenvalue weighted by atomic mass is 9.66. The lowest BCUT2D eigenvalue weighted by Gasteiger charge is -2.46. The van der Waals surface area contributed by atoms with Crippen molar-refractivity contribution in [1.82, 2.24) is 4.90 Å². The molecule has 0 amide bonds. The van der Waals surface area contributed by atoms with Gasteiger partial charge < -0.3 is 19.3 Å². The van der Waals surface area contributed by atoms with Crippen molar-refractivity contribution in [3.8, 4) is 17.2 Å². The van der Waals surface area contributed by atoms with Gasteiger partial charge in [0.15, 0.2) is 11.5 Å². The van der Waals surface area contributed by atoms with Crippen LogP contribution in [0.3, 0.4) is 0 Å². The van der Waals surface area contributed by atoms with E-state index in [2.05, 4.69) is 17.1 Å². The summed E-state index contributed by atoms with van der Waals surface area (Å²) in [6, 6.07) is 2.30. The molecule has 23 heavy (non-hydrogen) atoms. The van der Waals surface area contributed by atoms with E-state index in [9.17, 15) is 5.11 Å². The van der Waals surface area contributed by atoms with Crippen molar-refractivity contribution in [3.05, 3.63) is 29.3 Å². The largest absolute Gasteiger partial charge is 0.504 e. The lowest BCUT2D eigenvalue weighted by Crippen LogP contribution is -2.49. The first-order chi connectivity index (χ1) is 11.1. The molecule has 1 aliphatic carbocycles. The standard InChI is InChI=1S/C18H23NO4/c1-21-11-4-5-18-6-7-19(15(18)8-11)10-12-13(18)9-14(20)17(23-3)16(12)22-2/h4-5,9,11,15,20H,6-8,10H2,1-3H3/t11-,15-,18-/m0/s1. The van der Waals surface area contributed by atoms with Gasteiger partial charge in [-0.2, -0.15) is 0 Å². The highest BCUT2D eigenvalue weighted by molar-refractivity contribution is 5.63. The molecule has 1 saturated heterocycles. The van der Waals surface area contributed by atoms with E-state index in [0.717, 1.165) is 31.5 Å². The van der Waals surface area contributed by atoms with E-state index < -0.39 is 0 Å². The first-order valence-electron chi connectivity index (χ1n) is 8.08. The summed E-state index contributed by atoms with van der Waals surface area (Å²) in [4.78, 5) is 2.51. The Bertz CT molecular complexity index is 671. The van der Waals surface area contributed by atoms with Crippen LogP contribution < -0.4 is 9.47 Å². The highest BCUT2D eigenvalue weighted by atomic mass is 16.5. The van der Waals surface area contributed by atoms with Crippen molar-refractivity contribution >= 4 is 0 Å². The van der Waals surface area contributed by atoms with Gasteiger partial charge in [-0.3, -0.25) is 4.90 Å². The molecule has 5 heteroatoms. The van der Waals surface area contributed by atoms with Crippen molar-refractivity contribution in [3.63, 3.8) is 0 Å². The molecule has 2 aliphatic heterocycles. The predicted molar refractivity (Wildman–Crippen MR) is 86.3 cm³/mol. The molecule has 5 nitrogen and oxygen atoms in total. The van der Waals surface area contributed by atoms with Gasteiger partial charge in [-0.15, -0.1) is 0 Å². The summed E-state index contributed by atoms with van der Waals surface area (Å²) in [5.41, 5.74) is 2.26. The van der Waals surface area contributed by atoms with Crippen LogP contribution in [-0.2, 0) is 16.7 Å². The zero-order valence-electron chi connectivity index (χ0n) is 13.8. The minimum absolute atomic E-state index is 0.0559. The summed E-state index contributed by atoms with van der Waals surface area (Å²) in [6.07, 6.45) is 6.68. The van der Waals surface area contributed by atoms with E-state index >= 15 is 0 Å². The van der Waals surface area contributed by atoms with E-state index in [4.69, 9.17) is 14.2 Å². The maximum absolute atomic E-state index is 10.4. The summed E-state index contributed by atoms with van der Waals surface area (Å²) < 4.78 is 16.5. The highest BCUT2D eigenvalue weighted by Crippen LogP contribution is 2.56. The van der Waals surface area contributed by atoms with E-state index in [1.165, 1.54) is 5.56 Å². The van der Waals surface area contributed by atoms with Gasteiger partial charge in [-0.25, -0.2) is 0 Å². The molecule has 2 bridgehead atoms. The minimum Gasteiger partial charge on any atom is -0.504 e. The number of rotatable bonds is 3. The molecular formula is C18H23NO4. The van der Waals surface area contributed by atoms with Crippen LogP contribution in [0.1, 0.15) is 24.0 Å². The summed E-state index contributed by atoms with van der Waals surface area (Å²) in [7, 11) is 4.96. The first-order valence-corrected chi connectivity index (χ1v) is 8.08. The third-order valence-corrected chi connectivity index (χ3v) is 5.80. The normalized spacial score (nSPS) is 34.0. The number of hydrogen-bond donors (Lipinski definition) is 1. The molecule has 1 aromatic carbocycles. The van der Waals surface area contributed by atoms with Crippen LogP contribution in [0.4, 0.5) is 0 Å². The van der Waals surface area contributed by atoms with Gasteiger partial charge in [0.1, 0.15) is 0 Å². The monoisotopic (exact) mass is 317 g/mol. The number of benzene rings is 1. The Hall–Kier alpha value is -1.72. The topological polar surface area (TPSA) is 51.2 Å². The summed E-state index contributed by atoms with van der Waals surface area (Å²) in [6.45, 7) is 1.87. The zero-order chi connectivity index (χ0) is 16.2. The number of nitrogens with zero attached hydrogens (tertiary/aromatic N) is 1. The van der Waals surface area contributed by atoms with Gasteiger partial charge in [-0.05, 0) is 24.5 Å². The molecule has 0 aromatic heterocycles. The fourth-order valence-corrected chi connectivity index (χ4v) is 4.73. The molecule has 1 N–H and O–H groups in total. The van der Waals surface area contributed by atoms with Crippen molar-refractivity contribution in [1.29, 1.82) is 0 Å². The number of methoxy groups -OCH3 is 3. The Morgan fingerprint density at radius 3 is 2.70 bits per heavy atom.